The molecular weight excluding hydrogens is 225 g/mol. The van der Waals surface area contributed by atoms with E-state index in [0.717, 1.165) is 16.7 Å². The van der Waals surface area contributed by atoms with Gasteiger partial charge in [0.05, 0.1) is 0 Å². The first-order chi connectivity index (χ1) is 8.66. The van der Waals surface area contributed by atoms with Crippen LogP contribution in [-0.4, -0.2) is 6.04 Å². The van der Waals surface area contributed by atoms with Crippen molar-refractivity contribution in [3.8, 4) is 0 Å². The van der Waals surface area contributed by atoms with Crippen LogP contribution in [0.3, 0.4) is 0 Å². The summed E-state index contributed by atoms with van der Waals surface area (Å²) in [6, 6.07) is 16.4. The van der Waals surface area contributed by atoms with Gasteiger partial charge in [0.2, 0.25) is 0 Å². The van der Waals surface area contributed by atoms with Gasteiger partial charge in [-0.05, 0) is 35.8 Å². The van der Waals surface area contributed by atoms with Crippen molar-refractivity contribution in [2.24, 2.45) is 5.73 Å². The SMILES string of the molecule is CC(N)C=C(c1ccccc1)c1ccc(F)cc1. The molecule has 1 atom stereocenters. The average molecular weight is 241 g/mol. The largest absolute Gasteiger partial charge is 0.325 e. The second-order valence-electron chi connectivity index (χ2n) is 4.31. The normalized spacial score (nSPS) is 13.4. The van der Waals surface area contributed by atoms with Crippen molar-refractivity contribution in [3.63, 3.8) is 0 Å². The molecule has 0 fully saturated rings. The first-order valence-corrected chi connectivity index (χ1v) is 5.95. The quantitative estimate of drug-likeness (QED) is 0.873. The minimum absolute atomic E-state index is 0.0507. The number of hydrogen-bond acceptors (Lipinski definition) is 1. The molecule has 0 bridgehead atoms. The van der Waals surface area contributed by atoms with Gasteiger partial charge in [-0.2, -0.15) is 0 Å². The number of hydrogen-bond donors (Lipinski definition) is 1. The fourth-order valence-corrected chi connectivity index (χ4v) is 1.87. The van der Waals surface area contributed by atoms with Crippen LogP contribution >= 0.6 is 0 Å². The van der Waals surface area contributed by atoms with E-state index in [1.165, 1.54) is 12.1 Å². The lowest BCUT2D eigenvalue weighted by atomic mass is 9.96. The predicted octanol–water partition coefficient (Wildman–Crippen LogP) is 3.60. The van der Waals surface area contributed by atoms with E-state index in [4.69, 9.17) is 5.73 Å². The highest BCUT2D eigenvalue weighted by Gasteiger charge is 2.05. The standard InChI is InChI=1S/C16H16FN/c1-12(18)11-16(13-5-3-2-4-6-13)14-7-9-15(17)10-8-14/h2-12H,18H2,1H3. The van der Waals surface area contributed by atoms with E-state index in [1.807, 2.05) is 43.3 Å². The Morgan fingerprint density at radius 3 is 2.11 bits per heavy atom. The molecule has 1 unspecified atom stereocenters. The maximum Gasteiger partial charge on any atom is 0.123 e. The molecule has 2 heteroatoms. The van der Waals surface area contributed by atoms with Crippen LogP contribution in [0.25, 0.3) is 5.57 Å². The molecule has 0 saturated carbocycles. The van der Waals surface area contributed by atoms with Crippen LogP contribution in [0.4, 0.5) is 4.39 Å². The zero-order chi connectivity index (χ0) is 13.0. The van der Waals surface area contributed by atoms with Crippen LogP contribution in [0.15, 0.2) is 60.7 Å². The molecule has 2 aromatic carbocycles. The lowest BCUT2D eigenvalue weighted by molar-refractivity contribution is 0.627. The first-order valence-electron chi connectivity index (χ1n) is 5.95. The zero-order valence-electron chi connectivity index (χ0n) is 10.3. The van der Waals surface area contributed by atoms with Crippen molar-refractivity contribution < 1.29 is 4.39 Å². The monoisotopic (exact) mass is 241 g/mol. The van der Waals surface area contributed by atoms with Crippen LogP contribution < -0.4 is 5.73 Å². The molecule has 2 aromatic rings. The lowest BCUT2D eigenvalue weighted by Crippen LogP contribution is -2.11. The summed E-state index contributed by atoms with van der Waals surface area (Å²) >= 11 is 0. The van der Waals surface area contributed by atoms with Gasteiger partial charge < -0.3 is 5.73 Å². The van der Waals surface area contributed by atoms with Gasteiger partial charge >= 0.3 is 0 Å². The molecule has 2 rings (SSSR count). The van der Waals surface area contributed by atoms with Gasteiger partial charge in [0.25, 0.3) is 0 Å². The van der Waals surface area contributed by atoms with E-state index >= 15 is 0 Å². The molecule has 1 nitrogen and oxygen atoms in total. The van der Waals surface area contributed by atoms with Gasteiger partial charge in [-0.15, -0.1) is 0 Å². The smallest absolute Gasteiger partial charge is 0.123 e. The van der Waals surface area contributed by atoms with Crippen molar-refractivity contribution in [2.75, 3.05) is 0 Å². The van der Waals surface area contributed by atoms with Crippen LogP contribution in [-0.2, 0) is 0 Å². The van der Waals surface area contributed by atoms with Gasteiger partial charge in [-0.25, -0.2) is 4.39 Å². The lowest BCUT2D eigenvalue weighted by Gasteiger charge is -2.10. The molecule has 0 radical (unpaired) electrons. The van der Waals surface area contributed by atoms with Gasteiger partial charge in [-0.1, -0.05) is 48.5 Å². The summed E-state index contributed by atoms with van der Waals surface area (Å²) in [5, 5.41) is 0. The Kier molecular flexibility index (Phi) is 3.90. The zero-order valence-corrected chi connectivity index (χ0v) is 10.3. The maximum absolute atomic E-state index is 13.0. The van der Waals surface area contributed by atoms with Gasteiger partial charge in [0.15, 0.2) is 0 Å². The highest BCUT2D eigenvalue weighted by Crippen LogP contribution is 2.23. The molecular formula is C16H16FN. The summed E-state index contributed by atoms with van der Waals surface area (Å²) in [7, 11) is 0. The summed E-state index contributed by atoms with van der Waals surface area (Å²) in [6.45, 7) is 1.92. The molecule has 18 heavy (non-hydrogen) atoms. The van der Waals surface area contributed by atoms with Crippen molar-refractivity contribution in [1.82, 2.24) is 0 Å². The van der Waals surface area contributed by atoms with E-state index in [2.05, 4.69) is 0 Å². The number of benzene rings is 2. The van der Waals surface area contributed by atoms with Gasteiger partial charge in [0.1, 0.15) is 5.82 Å². The molecule has 92 valence electrons. The maximum atomic E-state index is 13.0. The second-order valence-corrected chi connectivity index (χ2v) is 4.31. The summed E-state index contributed by atoms with van der Waals surface area (Å²) in [6.07, 6.45) is 1.99. The number of halogens is 1. The number of nitrogens with two attached hydrogens (primary N) is 1. The van der Waals surface area contributed by atoms with Crippen LogP contribution in [0.5, 0.6) is 0 Å². The van der Waals surface area contributed by atoms with Crippen molar-refractivity contribution in [1.29, 1.82) is 0 Å². The average Bonchev–Trinajstić information content (AvgIpc) is 2.38. The minimum Gasteiger partial charge on any atom is -0.325 e. The highest BCUT2D eigenvalue weighted by atomic mass is 19.1. The van der Waals surface area contributed by atoms with Crippen molar-refractivity contribution >= 4 is 5.57 Å². The van der Waals surface area contributed by atoms with Crippen LogP contribution in [0.1, 0.15) is 18.1 Å². The molecule has 2 N–H and O–H groups in total. The summed E-state index contributed by atoms with van der Waals surface area (Å²) in [5.74, 6) is -0.230. The minimum atomic E-state index is -0.230. The fourth-order valence-electron chi connectivity index (χ4n) is 1.87. The molecule has 0 saturated heterocycles. The Morgan fingerprint density at radius 1 is 1.00 bits per heavy atom. The van der Waals surface area contributed by atoms with Crippen LogP contribution in [0, 0.1) is 5.82 Å². The Balaban J connectivity index is 2.47. The Hall–Kier alpha value is -1.93. The van der Waals surface area contributed by atoms with Crippen LogP contribution in [0.2, 0.25) is 0 Å². The van der Waals surface area contributed by atoms with Crippen molar-refractivity contribution in [2.45, 2.75) is 13.0 Å². The van der Waals surface area contributed by atoms with E-state index in [-0.39, 0.29) is 11.9 Å². The van der Waals surface area contributed by atoms with E-state index in [1.54, 1.807) is 12.1 Å². The molecule has 0 aliphatic heterocycles. The Morgan fingerprint density at radius 2 is 1.56 bits per heavy atom. The molecule has 0 aliphatic rings. The number of rotatable bonds is 3. The molecule has 0 spiro atoms. The third-order valence-corrected chi connectivity index (χ3v) is 2.67. The van der Waals surface area contributed by atoms with E-state index < -0.39 is 0 Å². The summed E-state index contributed by atoms with van der Waals surface area (Å²) < 4.78 is 13.0. The van der Waals surface area contributed by atoms with Gasteiger partial charge in [-0.3, -0.25) is 0 Å². The summed E-state index contributed by atoms with van der Waals surface area (Å²) in [5.41, 5.74) is 8.94. The van der Waals surface area contributed by atoms with E-state index in [0.29, 0.717) is 0 Å². The predicted molar refractivity (Wildman–Crippen MR) is 73.6 cm³/mol. The van der Waals surface area contributed by atoms with E-state index in [9.17, 15) is 4.39 Å². The molecule has 0 heterocycles. The molecule has 0 aromatic heterocycles. The van der Waals surface area contributed by atoms with Gasteiger partial charge in [0, 0.05) is 6.04 Å². The van der Waals surface area contributed by atoms with Crippen molar-refractivity contribution in [3.05, 3.63) is 77.6 Å². The second kappa shape index (κ2) is 5.61. The first kappa shape index (κ1) is 12.5. The highest BCUT2D eigenvalue weighted by molar-refractivity contribution is 5.80. The fraction of sp³-hybridized carbons (Fsp3) is 0.125. The Bertz CT molecular complexity index is 527. The third-order valence-electron chi connectivity index (χ3n) is 2.67. The molecule has 0 aliphatic carbocycles. The molecule has 0 amide bonds. The topological polar surface area (TPSA) is 26.0 Å². The Labute approximate surface area is 107 Å². The third kappa shape index (κ3) is 3.05. The summed E-state index contributed by atoms with van der Waals surface area (Å²) in [4.78, 5) is 0.